The van der Waals surface area contributed by atoms with Crippen LogP contribution in [0.1, 0.15) is 26.5 Å². The number of esters is 1. The van der Waals surface area contributed by atoms with Gasteiger partial charge in [-0.25, -0.2) is 14.6 Å². The highest BCUT2D eigenvalue weighted by molar-refractivity contribution is 7.22. The Morgan fingerprint density at radius 2 is 1.90 bits per heavy atom. The average Bonchev–Trinajstić information content (AvgIpc) is 3.32. The molecule has 9 heteroatoms. The van der Waals surface area contributed by atoms with Gasteiger partial charge in [0.15, 0.2) is 6.61 Å². The van der Waals surface area contributed by atoms with Crippen molar-refractivity contribution in [3.63, 3.8) is 0 Å². The number of anilines is 1. The zero-order chi connectivity index (χ0) is 21.0. The quantitative estimate of drug-likeness (QED) is 0.589. The first kappa shape index (κ1) is 20.7. The molecular formula is C20H19N3O4S2. The van der Waals surface area contributed by atoms with Gasteiger partial charge in [0, 0.05) is 5.69 Å². The number of carbonyl (C=O) groups is 3. The molecule has 3 amide bonds. The number of thiazole rings is 1. The summed E-state index contributed by atoms with van der Waals surface area (Å²) in [6.45, 7) is 5.03. The number of imide groups is 1. The molecule has 0 saturated carbocycles. The van der Waals surface area contributed by atoms with Crippen LogP contribution in [0.4, 0.5) is 10.5 Å². The van der Waals surface area contributed by atoms with E-state index in [1.54, 1.807) is 19.1 Å². The van der Waals surface area contributed by atoms with Crippen LogP contribution >= 0.6 is 22.7 Å². The van der Waals surface area contributed by atoms with Crippen LogP contribution in [0.5, 0.6) is 0 Å². The Bertz CT molecular complexity index is 1060. The zero-order valence-corrected chi connectivity index (χ0v) is 17.7. The molecule has 1 aromatic carbocycles. The molecule has 2 N–H and O–H groups in total. The number of thiophene rings is 1. The number of urea groups is 1. The molecule has 0 atom stereocenters. The van der Waals surface area contributed by atoms with Gasteiger partial charge in [-0.05, 0) is 55.5 Å². The molecule has 2 heterocycles. The van der Waals surface area contributed by atoms with Crippen molar-refractivity contribution in [1.82, 2.24) is 10.3 Å². The van der Waals surface area contributed by atoms with Gasteiger partial charge in [0.05, 0.1) is 10.6 Å². The van der Waals surface area contributed by atoms with Crippen molar-refractivity contribution < 1.29 is 19.1 Å². The number of amides is 3. The topological polar surface area (TPSA) is 97.4 Å². The highest BCUT2D eigenvalue weighted by Gasteiger charge is 2.19. The lowest BCUT2D eigenvalue weighted by Gasteiger charge is -2.09. The Labute approximate surface area is 175 Å². The summed E-state index contributed by atoms with van der Waals surface area (Å²) in [7, 11) is 0. The largest absolute Gasteiger partial charge is 0.451 e. The summed E-state index contributed by atoms with van der Waals surface area (Å²) in [6, 6.07) is 8.54. The number of nitrogens with one attached hydrogen (secondary N) is 2. The van der Waals surface area contributed by atoms with Gasteiger partial charge in [-0.15, -0.1) is 22.7 Å². The summed E-state index contributed by atoms with van der Waals surface area (Å²) in [5.74, 6) is -1.37. The summed E-state index contributed by atoms with van der Waals surface area (Å²) >= 11 is 2.73. The van der Waals surface area contributed by atoms with Crippen molar-refractivity contribution in [2.45, 2.75) is 20.8 Å². The standard InChI is InChI=1S/C20H19N3O4S2/c1-11-6-7-14(9-12(11)2)22-20(26)23-16(24)10-27-19(25)17-13(3)21-18(29-17)15-5-4-8-28-15/h4-9H,10H2,1-3H3,(H2,22,23,24,26). The molecule has 2 aromatic heterocycles. The average molecular weight is 430 g/mol. The van der Waals surface area contributed by atoms with E-state index in [2.05, 4.69) is 15.6 Å². The third-order valence-corrected chi connectivity index (χ3v) is 6.24. The lowest BCUT2D eigenvalue weighted by atomic mass is 10.1. The van der Waals surface area contributed by atoms with Crippen LogP contribution in [0.2, 0.25) is 0 Å². The molecule has 0 aliphatic heterocycles. The molecule has 3 aromatic rings. The van der Waals surface area contributed by atoms with Crippen molar-refractivity contribution >= 4 is 46.3 Å². The first-order valence-electron chi connectivity index (χ1n) is 8.70. The summed E-state index contributed by atoms with van der Waals surface area (Å²) in [5.41, 5.74) is 3.22. The van der Waals surface area contributed by atoms with E-state index in [1.807, 2.05) is 37.4 Å². The van der Waals surface area contributed by atoms with Gasteiger partial charge in [-0.2, -0.15) is 0 Å². The van der Waals surface area contributed by atoms with Gasteiger partial charge < -0.3 is 10.1 Å². The summed E-state index contributed by atoms with van der Waals surface area (Å²) < 4.78 is 5.03. The first-order chi connectivity index (χ1) is 13.8. The maximum atomic E-state index is 12.3. The Hall–Kier alpha value is -3.04. The molecule has 29 heavy (non-hydrogen) atoms. The minimum Gasteiger partial charge on any atom is -0.451 e. The second kappa shape index (κ2) is 8.97. The molecule has 3 rings (SSSR count). The Balaban J connectivity index is 1.51. The van der Waals surface area contributed by atoms with E-state index in [0.717, 1.165) is 21.0 Å². The highest BCUT2D eigenvalue weighted by Crippen LogP contribution is 2.31. The number of nitrogens with zero attached hydrogens (tertiary/aromatic N) is 1. The van der Waals surface area contributed by atoms with E-state index in [0.29, 0.717) is 16.3 Å². The van der Waals surface area contributed by atoms with Gasteiger partial charge in [-0.1, -0.05) is 12.1 Å². The summed E-state index contributed by atoms with van der Waals surface area (Å²) in [4.78, 5) is 41.8. The third-order valence-electron chi connectivity index (χ3n) is 4.07. The molecule has 0 bridgehead atoms. The summed E-state index contributed by atoms with van der Waals surface area (Å²) in [5, 5.41) is 7.36. The molecule has 0 saturated heterocycles. The number of benzene rings is 1. The van der Waals surface area contributed by atoms with Crippen LogP contribution in [0.15, 0.2) is 35.7 Å². The van der Waals surface area contributed by atoms with Crippen LogP contribution in [0.3, 0.4) is 0 Å². The fourth-order valence-electron chi connectivity index (χ4n) is 2.43. The third kappa shape index (κ3) is 5.27. The van der Waals surface area contributed by atoms with E-state index in [4.69, 9.17) is 4.74 Å². The van der Waals surface area contributed by atoms with Crippen LogP contribution in [-0.2, 0) is 9.53 Å². The normalized spacial score (nSPS) is 10.4. The van der Waals surface area contributed by atoms with Gasteiger partial charge in [0.1, 0.15) is 9.88 Å². The Kier molecular flexibility index (Phi) is 6.40. The molecule has 0 aliphatic carbocycles. The molecule has 0 aliphatic rings. The van der Waals surface area contributed by atoms with E-state index in [-0.39, 0.29) is 0 Å². The first-order valence-corrected chi connectivity index (χ1v) is 10.4. The predicted octanol–water partition coefficient (Wildman–Crippen LogP) is 4.30. The lowest BCUT2D eigenvalue weighted by Crippen LogP contribution is -2.37. The van der Waals surface area contributed by atoms with Crippen LogP contribution in [-0.4, -0.2) is 29.5 Å². The van der Waals surface area contributed by atoms with Crippen molar-refractivity contribution in [2.24, 2.45) is 0 Å². The minimum absolute atomic E-state index is 0.334. The van der Waals surface area contributed by atoms with Crippen molar-refractivity contribution in [3.05, 3.63) is 57.4 Å². The zero-order valence-electron chi connectivity index (χ0n) is 16.1. The maximum absolute atomic E-state index is 12.3. The Morgan fingerprint density at radius 3 is 2.59 bits per heavy atom. The molecule has 0 radical (unpaired) electrons. The number of aromatic nitrogens is 1. The second-order valence-electron chi connectivity index (χ2n) is 6.29. The predicted molar refractivity (Wildman–Crippen MR) is 114 cm³/mol. The number of carbonyl (C=O) groups excluding carboxylic acids is 3. The van der Waals surface area contributed by atoms with Crippen molar-refractivity contribution in [1.29, 1.82) is 0 Å². The molecule has 0 spiro atoms. The van der Waals surface area contributed by atoms with Crippen LogP contribution in [0, 0.1) is 20.8 Å². The van der Waals surface area contributed by atoms with Crippen LogP contribution in [0.25, 0.3) is 9.88 Å². The monoisotopic (exact) mass is 429 g/mol. The SMILES string of the molecule is Cc1ccc(NC(=O)NC(=O)COC(=O)c2sc(-c3cccs3)nc2C)cc1C. The number of rotatable bonds is 5. The number of aryl methyl sites for hydroxylation is 3. The van der Waals surface area contributed by atoms with E-state index < -0.39 is 24.5 Å². The molecule has 0 fully saturated rings. The lowest BCUT2D eigenvalue weighted by molar-refractivity contribution is -0.123. The fourth-order valence-corrected chi connectivity index (χ4v) is 4.19. The number of hydrogen-bond acceptors (Lipinski definition) is 7. The van der Waals surface area contributed by atoms with Gasteiger partial charge in [0.25, 0.3) is 5.91 Å². The summed E-state index contributed by atoms with van der Waals surface area (Å²) in [6.07, 6.45) is 0. The molecule has 0 unspecified atom stereocenters. The maximum Gasteiger partial charge on any atom is 0.350 e. The fraction of sp³-hybridized carbons (Fsp3) is 0.200. The van der Waals surface area contributed by atoms with Gasteiger partial charge in [0.2, 0.25) is 0 Å². The molecule has 7 nitrogen and oxygen atoms in total. The van der Waals surface area contributed by atoms with E-state index >= 15 is 0 Å². The molecule has 150 valence electrons. The Morgan fingerprint density at radius 1 is 1.10 bits per heavy atom. The minimum atomic E-state index is -0.722. The molecular weight excluding hydrogens is 410 g/mol. The van der Waals surface area contributed by atoms with Crippen molar-refractivity contribution in [2.75, 3.05) is 11.9 Å². The van der Waals surface area contributed by atoms with Crippen molar-refractivity contribution in [3.8, 4) is 9.88 Å². The second-order valence-corrected chi connectivity index (χ2v) is 8.24. The van der Waals surface area contributed by atoms with E-state index in [9.17, 15) is 14.4 Å². The van der Waals surface area contributed by atoms with Gasteiger partial charge in [-0.3, -0.25) is 10.1 Å². The van der Waals surface area contributed by atoms with Gasteiger partial charge >= 0.3 is 12.0 Å². The number of hydrogen-bond donors (Lipinski definition) is 2. The highest BCUT2D eigenvalue weighted by atomic mass is 32.1. The van der Waals surface area contributed by atoms with Crippen LogP contribution < -0.4 is 10.6 Å². The number of ether oxygens (including phenoxy) is 1. The smallest absolute Gasteiger partial charge is 0.350 e. The van der Waals surface area contributed by atoms with E-state index in [1.165, 1.54) is 22.7 Å².